The van der Waals surface area contributed by atoms with E-state index in [4.69, 9.17) is 0 Å². The van der Waals surface area contributed by atoms with Crippen LogP contribution >= 0.6 is 0 Å². The molecule has 4 nitrogen and oxygen atoms in total. The Labute approximate surface area is 372 Å². The minimum Gasteiger partial charge on any atom is -0.494 e. The van der Waals surface area contributed by atoms with Crippen LogP contribution in [0.15, 0.2) is 158 Å². The third kappa shape index (κ3) is 4.53. The molecule has 0 radical (unpaired) electrons. The summed E-state index contributed by atoms with van der Waals surface area (Å²) in [5.41, 5.74) is 22.2. The Morgan fingerprint density at radius 1 is 0.393 bits per heavy atom. The van der Waals surface area contributed by atoms with E-state index in [0.29, 0.717) is 0 Å². The third-order valence-electron chi connectivity index (χ3n) is 14.1. The number of fused-ring (bicyclic) bond motifs is 30. The van der Waals surface area contributed by atoms with Crippen molar-refractivity contribution >= 4 is 34.1 Å². The molecule has 294 valence electrons. The molecule has 8 aromatic rings. The van der Waals surface area contributed by atoms with Gasteiger partial charge in [0.05, 0.1) is 0 Å². The standard InChI is InChI=1S/C56H40N4.Pt/c1-35-27-51-53(29-37(35)3)59-33-57(51)41-17-13-15-39(31-41)55(47-23-9-5-19-43(47)44-20-6-10-24-48(44)55)40-16-14-18-42(32-40)58-34-60(54-30-38(4)36(2)28-52(54)58)56(59)49-25-11-7-21-45(49)46-22-8-12-26-50(46)56;/h5-30,33-34H,1-4H3;/q-4;+4. The van der Waals surface area contributed by atoms with E-state index in [0.717, 1.165) is 45.3 Å². The van der Waals surface area contributed by atoms with Gasteiger partial charge < -0.3 is 19.6 Å². The first-order valence-electron chi connectivity index (χ1n) is 20.9. The zero-order chi connectivity index (χ0) is 40.1. The first-order chi connectivity index (χ1) is 29.4. The summed E-state index contributed by atoms with van der Waals surface area (Å²) in [6.07, 6.45) is 0. The molecule has 2 aliphatic carbocycles. The molecule has 0 saturated carbocycles. The second-order valence-electron chi connectivity index (χ2n) is 17.1. The zero-order valence-corrected chi connectivity index (χ0v) is 36.5. The summed E-state index contributed by atoms with van der Waals surface area (Å²) in [4.78, 5) is 9.89. The van der Waals surface area contributed by atoms with E-state index in [9.17, 15) is 0 Å². The molecule has 0 N–H and O–H groups in total. The number of hydrogen-bond acceptors (Lipinski definition) is 4. The van der Waals surface area contributed by atoms with Crippen molar-refractivity contribution in [3.8, 4) is 22.3 Å². The Bertz CT molecular complexity index is 2950. The Morgan fingerprint density at radius 3 is 1.15 bits per heavy atom. The summed E-state index contributed by atoms with van der Waals surface area (Å²) in [5, 5.41) is 0. The number of nitrogens with zero attached hydrogens (tertiary/aromatic N) is 4. The fourth-order valence-electron chi connectivity index (χ4n) is 11.1. The summed E-state index contributed by atoms with van der Waals surface area (Å²) in [6.45, 7) is 13.6. The van der Waals surface area contributed by atoms with Crippen LogP contribution in [0.5, 0.6) is 0 Å². The van der Waals surface area contributed by atoms with E-state index in [1.54, 1.807) is 0 Å². The predicted octanol–water partition coefficient (Wildman–Crippen LogP) is 12.9. The fourth-order valence-corrected chi connectivity index (χ4v) is 11.1. The van der Waals surface area contributed by atoms with Gasteiger partial charge in [-0.05, 0) is 108 Å². The zero-order valence-electron chi connectivity index (χ0n) is 34.3. The molecule has 0 saturated heterocycles. The second-order valence-corrected chi connectivity index (χ2v) is 17.1. The molecule has 3 heterocycles. The summed E-state index contributed by atoms with van der Waals surface area (Å²) >= 11 is 0. The van der Waals surface area contributed by atoms with Crippen LogP contribution in [0.25, 0.3) is 22.3 Å². The fraction of sp³-hybridized carbons (Fsp3) is 0.107. The van der Waals surface area contributed by atoms with Crippen LogP contribution in [0.2, 0.25) is 0 Å². The van der Waals surface area contributed by atoms with Crippen molar-refractivity contribution in [3.63, 3.8) is 0 Å². The van der Waals surface area contributed by atoms with Crippen LogP contribution < -0.4 is 19.6 Å². The Hall–Kier alpha value is -6.35. The van der Waals surface area contributed by atoms with Gasteiger partial charge in [0.1, 0.15) is 5.66 Å². The minimum absolute atomic E-state index is 0. The van der Waals surface area contributed by atoms with E-state index in [1.165, 1.54) is 66.8 Å². The van der Waals surface area contributed by atoms with E-state index in [1.807, 2.05) is 0 Å². The molecule has 13 rings (SSSR count). The molecule has 8 bridgehead atoms. The van der Waals surface area contributed by atoms with Gasteiger partial charge in [0.2, 0.25) is 0 Å². The van der Waals surface area contributed by atoms with E-state index < -0.39 is 11.1 Å². The molecule has 2 spiro atoms. The first-order valence-corrected chi connectivity index (χ1v) is 20.9. The topological polar surface area (TPSA) is 13.0 Å². The average molecular weight is 964 g/mol. The van der Waals surface area contributed by atoms with Crippen LogP contribution in [-0.2, 0) is 32.1 Å². The number of hydrogen-bond donors (Lipinski definition) is 0. The molecule has 5 aliphatic rings. The first kappa shape index (κ1) is 36.5. The number of benzene rings is 8. The number of anilines is 6. The molecule has 61 heavy (non-hydrogen) atoms. The number of rotatable bonds is 0. The van der Waals surface area contributed by atoms with Crippen LogP contribution in [0.3, 0.4) is 0 Å². The number of aryl methyl sites for hydroxylation is 4. The maximum absolute atomic E-state index is 4.12. The van der Waals surface area contributed by atoms with Crippen molar-refractivity contribution in [2.75, 3.05) is 19.6 Å². The van der Waals surface area contributed by atoms with E-state index >= 15 is 0 Å². The van der Waals surface area contributed by atoms with Crippen molar-refractivity contribution < 1.29 is 21.1 Å². The molecular formula is C56H40N4Pt. The SMILES string of the molecule is Cc1cc2c(cc1C)N1[CH-]N2c2[c-]c(ccc2)C2(c3[c-]c(ccc3)N3[CH-]N(c4cc(C)c(C)cc43)C13c1ccccc1-c1ccccc13)c1ccccc1-c1ccccc12.[Pt+4]. The largest absolute Gasteiger partial charge is 4.00 e. The van der Waals surface area contributed by atoms with Gasteiger partial charge in [-0.15, -0.1) is 35.8 Å². The van der Waals surface area contributed by atoms with Crippen LogP contribution in [0.1, 0.15) is 55.6 Å². The van der Waals surface area contributed by atoms with Gasteiger partial charge in [-0.25, -0.2) is 0 Å². The normalized spacial score (nSPS) is 16.1. The van der Waals surface area contributed by atoms with Gasteiger partial charge in [-0.3, -0.25) is 0 Å². The van der Waals surface area contributed by atoms with Crippen molar-refractivity contribution in [1.29, 1.82) is 0 Å². The summed E-state index contributed by atoms with van der Waals surface area (Å²) in [7, 11) is 0. The summed E-state index contributed by atoms with van der Waals surface area (Å²) in [5.74, 6) is 0. The summed E-state index contributed by atoms with van der Waals surface area (Å²) in [6, 6.07) is 67.1. The van der Waals surface area contributed by atoms with E-state index in [2.05, 4.69) is 230 Å². The van der Waals surface area contributed by atoms with Gasteiger partial charge in [0.15, 0.2) is 0 Å². The quantitative estimate of drug-likeness (QED) is 0.140. The summed E-state index contributed by atoms with van der Waals surface area (Å²) < 4.78 is 0. The van der Waals surface area contributed by atoms with Gasteiger partial charge in [-0.2, -0.15) is 48.5 Å². The molecule has 0 fully saturated rings. The van der Waals surface area contributed by atoms with Crippen molar-refractivity contribution in [2.45, 2.75) is 38.8 Å². The molecule has 8 aromatic carbocycles. The predicted molar refractivity (Wildman–Crippen MR) is 244 cm³/mol. The van der Waals surface area contributed by atoms with Crippen molar-refractivity contribution in [1.82, 2.24) is 0 Å². The van der Waals surface area contributed by atoms with Gasteiger partial charge in [0.25, 0.3) is 0 Å². The second kappa shape index (κ2) is 12.8. The van der Waals surface area contributed by atoms with Crippen molar-refractivity contribution in [2.24, 2.45) is 0 Å². The average Bonchev–Trinajstić information content (AvgIpc) is 4.00. The minimum atomic E-state index is -0.812. The maximum Gasteiger partial charge on any atom is 4.00 e. The molecule has 0 unspecified atom stereocenters. The van der Waals surface area contributed by atoms with Crippen LogP contribution in [0, 0.1) is 53.2 Å². The van der Waals surface area contributed by atoms with Crippen LogP contribution in [0.4, 0.5) is 34.1 Å². The molecule has 0 atom stereocenters. The smallest absolute Gasteiger partial charge is 0.494 e. The molecule has 3 aliphatic heterocycles. The Morgan fingerprint density at radius 2 is 0.738 bits per heavy atom. The molecule has 0 amide bonds. The van der Waals surface area contributed by atoms with Crippen molar-refractivity contribution in [3.05, 3.63) is 239 Å². The van der Waals surface area contributed by atoms with Gasteiger partial charge in [0, 0.05) is 39.3 Å². The Kier molecular flexibility index (Phi) is 7.68. The third-order valence-corrected chi connectivity index (χ3v) is 14.1. The molecular weight excluding hydrogens is 924 g/mol. The van der Waals surface area contributed by atoms with Gasteiger partial charge >= 0.3 is 21.1 Å². The Balaban J connectivity index is 0.00000399. The van der Waals surface area contributed by atoms with Gasteiger partial charge in [-0.1, -0.05) is 97.1 Å². The maximum atomic E-state index is 4.12. The van der Waals surface area contributed by atoms with E-state index in [-0.39, 0.29) is 21.1 Å². The van der Waals surface area contributed by atoms with Crippen LogP contribution in [-0.4, -0.2) is 0 Å². The molecule has 0 aromatic heterocycles. The molecule has 5 heteroatoms. The monoisotopic (exact) mass is 963 g/mol.